The highest BCUT2D eigenvalue weighted by molar-refractivity contribution is 7.13. The summed E-state index contributed by atoms with van der Waals surface area (Å²) in [6, 6.07) is 8.00. The fourth-order valence-electron chi connectivity index (χ4n) is 2.22. The second kappa shape index (κ2) is 8.59. The van der Waals surface area contributed by atoms with Crippen LogP contribution in [0.25, 0.3) is 10.6 Å². The van der Waals surface area contributed by atoms with E-state index in [2.05, 4.69) is 17.2 Å². The zero-order chi connectivity index (χ0) is 17.5. The van der Waals surface area contributed by atoms with Gasteiger partial charge in [-0.05, 0) is 20.3 Å². The summed E-state index contributed by atoms with van der Waals surface area (Å²) < 4.78 is 5.03. The standard InChI is InChI=1S/C18H22N2O3S/c1-4-5-13(3)19-16(21)10-23-18(22)15-11-24-17(20-15)14-8-6-12(2)7-9-14/h6-9,11,13H,4-5,10H2,1-3H3,(H,19,21)/t13-/m1/s1. The lowest BCUT2D eigenvalue weighted by atomic mass is 10.2. The number of hydrogen-bond acceptors (Lipinski definition) is 5. The quantitative estimate of drug-likeness (QED) is 0.778. The number of hydrogen-bond donors (Lipinski definition) is 1. The summed E-state index contributed by atoms with van der Waals surface area (Å²) in [5, 5.41) is 5.19. The first-order valence-electron chi connectivity index (χ1n) is 7.98. The Hall–Kier alpha value is -2.21. The Balaban J connectivity index is 1.89. The zero-order valence-corrected chi connectivity index (χ0v) is 15.0. The van der Waals surface area contributed by atoms with Crippen LogP contribution in [0.4, 0.5) is 0 Å². The number of thiazole rings is 1. The molecule has 5 nitrogen and oxygen atoms in total. The van der Waals surface area contributed by atoms with E-state index in [4.69, 9.17) is 4.74 Å². The van der Waals surface area contributed by atoms with Crippen LogP contribution in [-0.2, 0) is 9.53 Å². The Morgan fingerprint density at radius 3 is 2.67 bits per heavy atom. The largest absolute Gasteiger partial charge is 0.451 e. The van der Waals surface area contributed by atoms with Crippen LogP contribution in [-0.4, -0.2) is 29.5 Å². The van der Waals surface area contributed by atoms with Crippen molar-refractivity contribution in [1.82, 2.24) is 10.3 Å². The second-order valence-electron chi connectivity index (χ2n) is 5.74. The molecule has 2 rings (SSSR count). The Labute approximate surface area is 146 Å². The topological polar surface area (TPSA) is 68.3 Å². The number of aromatic nitrogens is 1. The van der Waals surface area contributed by atoms with Crippen molar-refractivity contribution in [3.05, 3.63) is 40.9 Å². The fraction of sp³-hybridized carbons (Fsp3) is 0.389. The monoisotopic (exact) mass is 346 g/mol. The van der Waals surface area contributed by atoms with Gasteiger partial charge in [-0.3, -0.25) is 4.79 Å². The minimum atomic E-state index is -0.581. The van der Waals surface area contributed by atoms with Gasteiger partial charge in [-0.2, -0.15) is 0 Å². The number of nitrogens with zero attached hydrogens (tertiary/aromatic N) is 1. The molecule has 0 saturated carbocycles. The van der Waals surface area contributed by atoms with Crippen LogP contribution in [0.1, 0.15) is 42.7 Å². The van der Waals surface area contributed by atoms with Crippen molar-refractivity contribution in [2.45, 2.75) is 39.7 Å². The smallest absolute Gasteiger partial charge is 0.358 e. The average Bonchev–Trinajstić information content (AvgIpc) is 3.03. The van der Waals surface area contributed by atoms with Gasteiger partial charge in [0.05, 0.1) is 0 Å². The molecule has 0 aliphatic carbocycles. The Bertz CT molecular complexity index is 695. The van der Waals surface area contributed by atoms with Crippen molar-refractivity contribution >= 4 is 23.2 Å². The third-order valence-corrected chi connectivity index (χ3v) is 4.37. The van der Waals surface area contributed by atoms with E-state index >= 15 is 0 Å². The molecule has 0 bridgehead atoms. The molecule has 0 fully saturated rings. The highest BCUT2D eigenvalue weighted by Gasteiger charge is 2.15. The van der Waals surface area contributed by atoms with Gasteiger partial charge in [0.25, 0.3) is 5.91 Å². The van der Waals surface area contributed by atoms with E-state index in [0.717, 1.165) is 23.4 Å². The van der Waals surface area contributed by atoms with Gasteiger partial charge < -0.3 is 10.1 Å². The number of benzene rings is 1. The van der Waals surface area contributed by atoms with E-state index in [0.29, 0.717) is 0 Å². The van der Waals surface area contributed by atoms with E-state index in [-0.39, 0.29) is 24.2 Å². The molecule has 128 valence electrons. The lowest BCUT2D eigenvalue weighted by Gasteiger charge is -2.12. The van der Waals surface area contributed by atoms with Gasteiger partial charge in [0, 0.05) is 17.0 Å². The molecule has 1 aromatic carbocycles. The summed E-state index contributed by atoms with van der Waals surface area (Å²) in [4.78, 5) is 28.0. The van der Waals surface area contributed by atoms with Crippen LogP contribution in [0.15, 0.2) is 29.6 Å². The molecule has 0 aliphatic rings. The normalized spacial score (nSPS) is 11.8. The highest BCUT2D eigenvalue weighted by Crippen LogP contribution is 2.24. The van der Waals surface area contributed by atoms with Gasteiger partial charge in [-0.1, -0.05) is 43.2 Å². The van der Waals surface area contributed by atoms with Crippen molar-refractivity contribution < 1.29 is 14.3 Å². The Kier molecular flexibility index (Phi) is 6.49. The van der Waals surface area contributed by atoms with Gasteiger partial charge in [-0.15, -0.1) is 11.3 Å². The molecule has 1 atom stereocenters. The van der Waals surface area contributed by atoms with Crippen molar-refractivity contribution in [3.63, 3.8) is 0 Å². The SMILES string of the molecule is CCC[C@@H](C)NC(=O)COC(=O)c1csc(-c2ccc(C)cc2)n1. The molecular formula is C18H22N2O3S. The molecule has 0 aliphatic heterocycles. The van der Waals surface area contributed by atoms with Gasteiger partial charge in [0.15, 0.2) is 12.3 Å². The number of aryl methyl sites for hydroxylation is 1. The molecule has 0 radical (unpaired) electrons. The third kappa shape index (κ3) is 5.16. The van der Waals surface area contributed by atoms with Crippen molar-refractivity contribution in [2.75, 3.05) is 6.61 Å². The van der Waals surface area contributed by atoms with E-state index in [1.807, 2.05) is 38.1 Å². The minimum Gasteiger partial charge on any atom is -0.451 e. The van der Waals surface area contributed by atoms with Gasteiger partial charge in [0.1, 0.15) is 5.01 Å². The van der Waals surface area contributed by atoms with Crippen LogP contribution in [0.2, 0.25) is 0 Å². The van der Waals surface area contributed by atoms with Gasteiger partial charge in [0.2, 0.25) is 0 Å². The summed E-state index contributed by atoms with van der Waals surface area (Å²) in [7, 11) is 0. The number of amides is 1. The lowest BCUT2D eigenvalue weighted by Crippen LogP contribution is -2.35. The molecule has 1 aromatic heterocycles. The third-order valence-electron chi connectivity index (χ3n) is 3.48. The lowest BCUT2D eigenvalue weighted by molar-refractivity contribution is -0.124. The number of nitrogens with one attached hydrogen (secondary N) is 1. The van der Waals surface area contributed by atoms with E-state index in [1.165, 1.54) is 16.9 Å². The number of ether oxygens (including phenoxy) is 1. The van der Waals surface area contributed by atoms with Crippen molar-refractivity contribution in [2.24, 2.45) is 0 Å². The minimum absolute atomic E-state index is 0.0774. The molecular weight excluding hydrogens is 324 g/mol. The predicted octanol–water partition coefficient (Wildman–Crippen LogP) is 3.58. The van der Waals surface area contributed by atoms with E-state index in [1.54, 1.807) is 5.38 Å². The molecule has 0 spiro atoms. The maximum Gasteiger partial charge on any atom is 0.358 e. The summed E-state index contributed by atoms with van der Waals surface area (Å²) in [6.45, 7) is 5.71. The number of esters is 1. The molecule has 24 heavy (non-hydrogen) atoms. The van der Waals surface area contributed by atoms with Gasteiger partial charge in [-0.25, -0.2) is 9.78 Å². The average molecular weight is 346 g/mol. The number of carbonyl (C=O) groups is 2. The van der Waals surface area contributed by atoms with E-state index < -0.39 is 5.97 Å². The summed E-state index contributed by atoms with van der Waals surface area (Å²) in [6.07, 6.45) is 1.88. The van der Waals surface area contributed by atoms with Crippen LogP contribution in [0, 0.1) is 6.92 Å². The maximum absolute atomic E-state index is 12.0. The Morgan fingerprint density at radius 1 is 1.29 bits per heavy atom. The first kappa shape index (κ1) is 18.1. The van der Waals surface area contributed by atoms with Crippen LogP contribution in [0.5, 0.6) is 0 Å². The zero-order valence-electron chi connectivity index (χ0n) is 14.2. The first-order chi connectivity index (χ1) is 11.5. The predicted molar refractivity (Wildman–Crippen MR) is 95.1 cm³/mol. The summed E-state index contributed by atoms with van der Waals surface area (Å²) >= 11 is 1.38. The van der Waals surface area contributed by atoms with Crippen LogP contribution in [0.3, 0.4) is 0 Å². The summed E-state index contributed by atoms with van der Waals surface area (Å²) in [5.74, 6) is -0.874. The van der Waals surface area contributed by atoms with Gasteiger partial charge >= 0.3 is 5.97 Å². The van der Waals surface area contributed by atoms with Crippen LogP contribution < -0.4 is 5.32 Å². The summed E-state index contributed by atoms with van der Waals surface area (Å²) in [5.41, 5.74) is 2.35. The number of rotatable bonds is 7. The molecule has 6 heteroatoms. The van der Waals surface area contributed by atoms with Crippen molar-refractivity contribution in [1.29, 1.82) is 0 Å². The van der Waals surface area contributed by atoms with E-state index in [9.17, 15) is 9.59 Å². The molecule has 1 heterocycles. The molecule has 1 amide bonds. The van der Waals surface area contributed by atoms with Crippen LogP contribution >= 0.6 is 11.3 Å². The highest BCUT2D eigenvalue weighted by atomic mass is 32.1. The Morgan fingerprint density at radius 2 is 2.00 bits per heavy atom. The molecule has 2 aromatic rings. The number of carbonyl (C=O) groups excluding carboxylic acids is 2. The fourth-order valence-corrected chi connectivity index (χ4v) is 3.02. The molecule has 1 N–H and O–H groups in total. The molecule has 0 unspecified atom stereocenters. The maximum atomic E-state index is 12.0. The second-order valence-corrected chi connectivity index (χ2v) is 6.60. The van der Waals surface area contributed by atoms with Crippen molar-refractivity contribution in [3.8, 4) is 10.6 Å². The molecule has 0 saturated heterocycles. The first-order valence-corrected chi connectivity index (χ1v) is 8.86.